The molecule has 1 rings (SSSR count). The molecule has 0 saturated heterocycles. The van der Waals surface area contributed by atoms with Crippen LogP contribution in [0.15, 0.2) is 23.1 Å². The summed E-state index contributed by atoms with van der Waals surface area (Å²) in [5.74, 6) is -2.05. The number of carbonyl (C=O) groups is 1. The first-order chi connectivity index (χ1) is 11.1. The van der Waals surface area contributed by atoms with E-state index in [0.29, 0.717) is 5.56 Å². The van der Waals surface area contributed by atoms with E-state index in [1.165, 1.54) is 25.3 Å². The number of ether oxygens (including phenoxy) is 2. The summed E-state index contributed by atoms with van der Waals surface area (Å²) in [7, 11) is -2.64. The van der Waals surface area contributed by atoms with E-state index in [-0.39, 0.29) is 36.8 Å². The van der Waals surface area contributed by atoms with Gasteiger partial charge in [-0.1, -0.05) is 6.07 Å². The number of hydrogen-bond donors (Lipinski definition) is 2. The topological polar surface area (TPSA) is 108 Å². The van der Waals surface area contributed by atoms with Crippen LogP contribution in [0.5, 0.6) is 5.75 Å². The van der Waals surface area contributed by atoms with E-state index in [4.69, 9.17) is 14.6 Å². The van der Waals surface area contributed by atoms with Crippen LogP contribution in [-0.2, 0) is 26.0 Å². The first kappa shape index (κ1) is 20.2. The molecule has 0 aromatic heterocycles. The number of primary sulfonamides is 1. The van der Waals surface area contributed by atoms with E-state index in [2.05, 4.69) is 0 Å². The first-order valence-electron chi connectivity index (χ1n) is 6.68. The number of methoxy groups -OCH3 is 1. The second kappa shape index (κ2) is 8.31. The highest BCUT2D eigenvalue weighted by Crippen LogP contribution is 2.24. The molecule has 0 aliphatic carbocycles. The molecule has 0 spiro atoms. The van der Waals surface area contributed by atoms with Gasteiger partial charge in [0.2, 0.25) is 10.0 Å². The molecule has 1 aromatic rings. The lowest BCUT2D eigenvalue weighted by Crippen LogP contribution is -2.37. The molecule has 0 radical (unpaired) electrons. The maximum Gasteiger partial charge on any atom is 0.471 e. The number of nitrogens with one attached hydrogen (secondary N) is 1. The van der Waals surface area contributed by atoms with Crippen LogP contribution in [0.25, 0.3) is 0 Å². The van der Waals surface area contributed by atoms with Gasteiger partial charge < -0.3 is 14.8 Å². The fourth-order valence-electron chi connectivity index (χ4n) is 1.71. The predicted octanol–water partition coefficient (Wildman–Crippen LogP) is 0.580. The van der Waals surface area contributed by atoms with Crippen molar-refractivity contribution in [1.82, 2.24) is 5.32 Å². The standard InChI is InChI=1S/C13H17F3N2O5S/c1-22-6-7-23-10-3-2-9(8-11(10)24(17,20)21)4-5-18-12(19)13(14,15)16/h2-3,8H,4-7H2,1H3,(H,18,19)(H2,17,20,21). The molecule has 7 nitrogen and oxygen atoms in total. The highest BCUT2D eigenvalue weighted by atomic mass is 32.2. The van der Waals surface area contributed by atoms with Crippen molar-refractivity contribution < 1.29 is 35.9 Å². The Balaban J connectivity index is 2.82. The molecule has 11 heteroatoms. The lowest BCUT2D eigenvalue weighted by Gasteiger charge is -2.12. The minimum absolute atomic E-state index is 0.0112. The zero-order valence-corrected chi connectivity index (χ0v) is 13.5. The zero-order chi connectivity index (χ0) is 18.4. The van der Waals surface area contributed by atoms with Gasteiger partial charge in [-0.2, -0.15) is 13.2 Å². The Morgan fingerprint density at radius 3 is 2.50 bits per heavy atom. The Morgan fingerprint density at radius 2 is 1.96 bits per heavy atom. The molecule has 24 heavy (non-hydrogen) atoms. The number of carbonyl (C=O) groups excluding carboxylic acids is 1. The number of hydrogen-bond acceptors (Lipinski definition) is 5. The van der Waals surface area contributed by atoms with Crippen LogP contribution in [0, 0.1) is 0 Å². The normalized spacial score (nSPS) is 12.0. The number of benzene rings is 1. The summed E-state index contributed by atoms with van der Waals surface area (Å²) >= 11 is 0. The summed E-state index contributed by atoms with van der Waals surface area (Å²) < 4.78 is 69.4. The molecule has 0 atom stereocenters. The minimum Gasteiger partial charge on any atom is -0.490 e. The Hall–Kier alpha value is -1.85. The first-order valence-corrected chi connectivity index (χ1v) is 8.23. The third-order valence-electron chi connectivity index (χ3n) is 2.82. The quantitative estimate of drug-likeness (QED) is 0.651. The number of sulfonamides is 1. The average molecular weight is 370 g/mol. The van der Waals surface area contributed by atoms with Crippen LogP contribution in [0.1, 0.15) is 5.56 Å². The Bertz CT molecular complexity index is 677. The monoisotopic (exact) mass is 370 g/mol. The van der Waals surface area contributed by atoms with E-state index in [9.17, 15) is 26.4 Å². The lowest BCUT2D eigenvalue weighted by atomic mass is 10.1. The average Bonchev–Trinajstić information content (AvgIpc) is 2.46. The highest BCUT2D eigenvalue weighted by molar-refractivity contribution is 7.89. The van der Waals surface area contributed by atoms with E-state index >= 15 is 0 Å². The molecule has 0 fully saturated rings. The van der Waals surface area contributed by atoms with Gasteiger partial charge in [0, 0.05) is 13.7 Å². The molecule has 1 aromatic carbocycles. The maximum absolute atomic E-state index is 12.1. The van der Waals surface area contributed by atoms with Crippen LogP contribution in [-0.4, -0.2) is 47.4 Å². The van der Waals surface area contributed by atoms with Gasteiger partial charge in [0.1, 0.15) is 17.3 Å². The van der Waals surface area contributed by atoms with Crippen LogP contribution >= 0.6 is 0 Å². The highest BCUT2D eigenvalue weighted by Gasteiger charge is 2.38. The second-order valence-corrected chi connectivity index (χ2v) is 6.20. The molecular formula is C13H17F3N2O5S. The Morgan fingerprint density at radius 1 is 1.29 bits per heavy atom. The predicted molar refractivity (Wildman–Crippen MR) is 78.0 cm³/mol. The fourth-order valence-corrected chi connectivity index (χ4v) is 2.43. The van der Waals surface area contributed by atoms with E-state index in [0.717, 1.165) is 0 Å². The summed E-state index contributed by atoms with van der Waals surface area (Å²) in [4.78, 5) is 10.4. The van der Waals surface area contributed by atoms with Gasteiger partial charge in [-0.05, 0) is 24.1 Å². The SMILES string of the molecule is COCCOc1ccc(CCNC(=O)C(F)(F)F)cc1S(N)(=O)=O. The Kier molecular flexibility index (Phi) is 6.99. The molecule has 136 valence electrons. The largest absolute Gasteiger partial charge is 0.490 e. The van der Waals surface area contributed by atoms with Gasteiger partial charge in [0.05, 0.1) is 6.61 Å². The number of rotatable bonds is 8. The molecule has 0 aliphatic heterocycles. The van der Waals surface area contributed by atoms with Gasteiger partial charge in [-0.3, -0.25) is 4.79 Å². The fraction of sp³-hybridized carbons (Fsp3) is 0.462. The van der Waals surface area contributed by atoms with Crippen molar-refractivity contribution in [3.8, 4) is 5.75 Å². The molecule has 0 aliphatic rings. The van der Waals surface area contributed by atoms with Crippen LogP contribution in [0.2, 0.25) is 0 Å². The van der Waals surface area contributed by atoms with Gasteiger partial charge in [-0.25, -0.2) is 13.6 Å². The Labute approximate surface area is 137 Å². The van der Waals surface area contributed by atoms with Crippen molar-refractivity contribution in [3.05, 3.63) is 23.8 Å². The maximum atomic E-state index is 12.1. The van der Waals surface area contributed by atoms with Crippen molar-refractivity contribution in [3.63, 3.8) is 0 Å². The van der Waals surface area contributed by atoms with Crippen LogP contribution in [0.4, 0.5) is 13.2 Å². The number of halogens is 3. The van der Waals surface area contributed by atoms with Gasteiger partial charge >= 0.3 is 12.1 Å². The van der Waals surface area contributed by atoms with E-state index < -0.39 is 22.1 Å². The zero-order valence-electron chi connectivity index (χ0n) is 12.7. The lowest BCUT2D eigenvalue weighted by molar-refractivity contribution is -0.173. The number of amides is 1. The number of alkyl halides is 3. The van der Waals surface area contributed by atoms with Crippen LogP contribution in [0.3, 0.4) is 0 Å². The summed E-state index contributed by atoms with van der Waals surface area (Å²) in [5, 5.41) is 6.80. The van der Waals surface area contributed by atoms with Crippen molar-refractivity contribution in [2.45, 2.75) is 17.5 Å². The molecular weight excluding hydrogens is 353 g/mol. The van der Waals surface area contributed by atoms with Crippen LogP contribution < -0.4 is 15.2 Å². The van der Waals surface area contributed by atoms with E-state index in [1.54, 1.807) is 5.32 Å². The second-order valence-electron chi connectivity index (χ2n) is 4.67. The van der Waals surface area contributed by atoms with Crippen molar-refractivity contribution in [2.24, 2.45) is 5.14 Å². The molecule has 3 N–H and O–H groups in total. The molecule has 0 heterocycles. The minimum atomic E-state index is -4.97. The molecule has 0 saturated carbocycles. The van der Waals surface area contributed by atoms with E-state index in [1.807, 2.05) is 0 Å². The molecule has 1 amide bonds. The van der Waals surface area contributed by atoms with Gasteiger partial charge in [0.25, 0.3) is 0 Å². The molecule has 0 unspecified atom stereocenters. The summed E-state index contributed by atoms with van der Waals surface area (Å²) in [6.45, 7) is 0.0154. The third-order valence-corrected chi connectivity index (χ3v) is 3.75. The third kappa shape index (κ3) is 6.34. The smallest absolute Gasteiger partial charge is 0.471 e. The van der Waals surface area contributed by atoms with Gasteiger partial charge in [-0.15, -0.1) is 0 Å². The van der Waals surface area contributed by atoms with Crippen molar-refractivity contribution in [2.75, 3.05) is 26.9 Å². The van der Waals surface area contributed by atoms with Gasteiger partial charge in [0.15, 0.2) is 0 Å². The number of nitrogens with two attached hydrogens (primary N) is 1. The van der Waals surface area contributed by atoms with Crippen molar-refractivity contribution >= 4 is 15.9 Å². The van der Waals surface area contributed by atoms with Crippen molar-refractivity contribution in [1.29, 1.82) is 0 Å². The summed E-state index contributed by atoms with van der Waals surface area (Å²) in [5.41, 5.74) is 0.376. The molecule has 0 bridgehead atoms. The summed E-state index contributed by atoms with van der Waals surface area (Å²) in [6, 6.07) is 4.00. The summed E-state index contributed by atoms with van der Waals surface area (Å²) in [6.07, 6.45) is -4.98.